The zero-order valence-corrected chi connectivity index (χ0v) is 19.2. The Bertz CT molecular complexity index is 1140. The van der Waals surface area contributed by atoms with E-state index in [-0.39, 0.29) is 5.41 Å². The molecule has 2 heterocycles. The molecule has 5 heteroatoms. The van der Waals surface area contributed by atoms with Crippen LogP contribution in [0.1, 0.15) is 62.6 Å². The van der Waals surface area contributed by atoms with Crippen LogP contribution in [-0.4, -0.2) is 30.8 Å². The van der Waals surface area contributed by atoms with Crippen LogP contribution in [0, 0.1) is 6.92 Å². The molecule has 0 unspecified atom stereocenters. The number of benzene rings is 2. The number of H-pyrrole nitrogens is 1. The highest BCUT2D eigenvalue weighted by Crippen LogP contribution is 2.35. The van der Waals surface area contributed by atoms with Crippen molar-refractivity contribution in [3.8, 4) is 0 Å². The van der Waals surface area contributed by atoms with Crippen LogP contribution in [0.4, 0.5) is 0 Å². The molecule has 0 amide bonds. The van der Waals surface area contributed by atoms with Crippen molar-refractivity contribution in [1.29, 1.82) is 0 Å². The van der Waals surface area contributed by atoms with Gasteiger partial charge in [0.1, 0.15) is 0 Å². The van der Waals surface area contributed by atoms with Gasteiger partial charge in [-0.25, -0.2) is 8.42 Å². The van der Waals surface area contributed by atoms with E-state index in [4.69, 9.17) is 0 Å². The largest absolute Gasteiger partial charge is 0.361 e. The fourth-order valence-electron chi connectivity index (χ4n) is 4.43. The second-order valence-corrected chi connectivity index (χ2v) is 11.2. The van der Waals surface area contributed by atoms with Gasteiger partial charge in [0.15, 0.2) is 0 Å². The van der Waals surface area contributed by atoms with E-state index in [0.717, 1.165) is 24.8 Å². The third-order valence-electron chi connectivity index (χ3n) is 6.92. The Morgan fingerprint density at radius 3 is 2.37 bits per heavy atom. The zero-order chi connectivity index (χ0) is 21.5. The topological polar surface area (TPSA) is 53.2 Å². The summed E-state index contributed by atoms with van der Waals surface area (Å²) in [4.78, 5) is 3.77. The Morgan fingerprint density at radius 2 is 1.73 bits per heavy atom. The van der Waals surface area contributed by atoms with Gasteiger partial charge >= 0.3 is 0 Å². The van der Waals surface area contributed by atoms with E-state index >= 15 is 0 Å². The highest BCUT2D eigenvalue weighted by Gasteiger charge is 2.31. The number of piperidine rings is 1. The third-order valence-corrected chi connectivity index (χ3v) is 8.83. The summed E-state index contributed by atoms with van der Waals surface area (Å²) in [5, 5.41) is 1.27. The van der Waals surface area contributed by atoms with E-state index in [0.29, 0.717) is 23.9 Å². The van der Waals surface area contributed by atoms with Crippen LogP contribution in [0.5, 0.6) is 0 Å². The molecule has 0 atom stereocenters. The first-order valence-corrected chi connectivity index (χ1v) is 12.3. The summed E-state index contributed by atoms with van der Waals surface area (Å²) < 4.78 is 28.0. The predicted molar refractivity (Wildman–Crippen MR) is 124 cm³/mol. The molecule has 0 bridgehead atoms. The van der Waals surface area contributed by atoms with Crippen LogP contribution in [0.2, 0.25) is 0 Å². The lowest BCUT2D eigenvalue weighted by Crippen LogP contribution is -2.37. The van der Waals surface area contributed by atoms with E-state index in [1.807, 2.05) is 12.1 Å². The molecule has 0 spiro atoms. The minimum atomic E-state index is -3.45. The Hall–Kier alpha value is -2.11. The van der Waals surface area contributed by atoms with Crippen molar-refractivity contribution in [3.05, 3.63) is 65.4 Å². The number of sulfonamides is 1. The van der Waals surface area contributed by atoms with Crippen molar-refractivity contribution < 1.29 is 8.42 Å². The van der Waals surface area contributed by atoms with Crippen LogP contribution in [0.15, 0.2) is 53.6 Å². The Kier molecular flexibility index (Phi) is 5.54. The highest BCUT2D eigenvalue weighted by atomic mass is 32.2. The minimum absolute atomic E-state index is 0.0539. The molecular formula is C25H32N2O2S. The van der Waals surface area contributed by atoms with Gasteiger partial charge in [0.25, 0.3) is 0 Å². The Morgan fingerprint density at radius 1 is 1.07 bits per heavy atom. The van der Waals surface area contributed by atoms with Crippen molar-refractivity contribution in [2.24, 2.45) is 0 Å². The number of hydrogen-bond acceptors (Lipinski definition) is 2. The SMILES string of the molecule is CCC(C)(C)c1ccc(S(=O)(=O)N2CCC(c3c[nH]c4ccc(C)cc34)CC2)cc1. The molecule has 0 saturated carbocycles. The van der Waals surface area contributed by atoms with E-state index in [2.05, 4.69) is 57.1 Å². The maximum Gasteiger partial charge on any atom is 0.243 e. The van der Waals surface area contributed by atoms with Crippen LogP contribution < -0.4 is 0 Å². The summed E-state index contributed by atoms with van der Waals surface area (Å²) in [6.45, 7) is 9.77. The van der Waals surface area contributed by atoms with Gasteiger partial charge in [0.05, 0.1) is 4.90 Å². The second-order valence-electron chi connectivity index (χ2n) is 9.23. The molecule has 1 fully saturated rings. The minimum Gasteiger partial charge on any atom is -0.361 e. The summed E-state index contributed by atoms with van der Waals surface area (Å²) in [6, 6.07) is 14.0. The molecule has 1 aromatic heterocycles. The summed E-state index contributed by atoms with van der Waals surface area (Å²) in [5.41, 5.74) is 4.95. The van der Waals surface area contributed by atoms with Crippen LogP contribution >= 0.6 is 0 Å². The van der Waals surface area contributed by atoms with E-state index in [1.54, 1.807) is 16.4 Å². The van der Waals surface area contributed by atoms with Crippen LogP contribution in [0.25, 0.3) is 10.9 Å². The molecule has 30 heavy (non-hydrogen) atoms. The average Bonchev–Trinajstić information content (AvgIpc) is 3.17. The zero-order valence-electron chi connectivity index (χ0n) is 18.4. The number of fused-ring (bicyclic) bond motifs is 1. The summed E-state index contributed by atoms with van der Waals surface area (Å²) in [6.07, 6.45) is 4.81. The lowest BCUT2D eigenvalue weighted by Gasteiger charge is -2.31. The summed E-state index contributed by atoms with van der Waals surface area (Å²) in [5.74, 6) is 0.389. The molecule has 160 valence electrons. The number of hydrogen-bond donors (Lipinski definition) is 1. The first-order valence-electron chi connectivity index (χ1n) is 10.9. The van der Waals surface area contributed by atoms with Crippen molar-refractivity contribution in [1.82, 2.24) is 9.29 Å². The van der Waals surface area contributed by atoms with Gasteiger partial charge in [-0.05, 0) is 72.9 Å². The van der Waals surface area contributed by atoms with Gasteiger partial charge in [-0.15, -0.1) is 0 Å². The van der Waals surface area contributed by atoms with Crippen molar-refractivity contribution in [2.75, 3.05) is 13.1 Å². The number of nitrogens with one attached hydrogen (secondary N) is 1. The highest BCUT2D eigenvalue weighted by molar-refractivity contribution is 7.89. The summed E-state index contributed by atoms with van der Waals surface area (Å²) in [7, 11) is -3.45. The summed E-state index contributed by atoms with van der Waals surface area (Å²) >= 11 is 0. The molecule has 4 rings (SSSR count). The van der Waals surface area contributed by atoms with Crippen molar-refractivity contribution in [2.45, 2.75) is 63.2 Å². The van der Waals surface area contributed by atoms with Crippen LogP contribution in [-0.2, 0) is 15.4 Å². The van der Waals surface area contributed by atoms with E-state index in [9.17, 15) is 8.42 Å². The van der Waals surface area contributed by atoms with Gasteiger partial charge in [-0.3, -0.25) is 0 Å². The quantitative estimate of drug-likeness (QED) is 0.568. The van der Waals surface area contributed by atoms with Gasteiger partial charge in [0, 0.05) is 30.2 Å². The molecule has 1 aliphatic rings. The van der Waals surface area contributed by atoms with Gasteiger partial charge in [0.2, 0.25) is 10.0 Å². The maximum absolute atomic E-state index is 13.2. The molecule has 0 radical (unpaired) electrons. The fourth-order valence-corrected chi connectivity index (χ4v) is 5.90. The van der Waals surface area contributed by atoms with Gasteiger partial charge < -0.3 is 4.98 Å². The molecule has 1 N–H and O–H groups in total. The van der Waals surface area contributed by atoms with Crippen molar-refractivity contribution >= 4 is 20.9 Å². The van der Waals surface area contributed by atoms with Gasteiger partial charge in [-0.1, -0.05) is 44.5 Å². The molecule has 1 aliphatic heterocycles. The lowest BCUT2D eigenvalue weighted by atomic mass is 9.82. The third kappa shape index (κ3) is 3.81. The van der Waals surface area contributed by atoms with Crippen LogP contribution in [0.3, 0.4) is 0 Å². The predicted octanol–water partition coefficient (Wildman–Crippen LogP) is 5.73. The molecule has 0 aliphatic carbocycles. The fraction of sp³-hybridized carbons (Fsp3) is 0.440. The number of aryl methyl sites for hydroxylation is 1. The second kappa shape index (κ2) is 7.86. The monoisotopic (exact) mass is 424 g/mol. The Labute approximate surface area is 180 Å². The number of nitrogens with zero attached hydrogens (tertiary/aromatic N) is 1. The lowest BCUT2D eigenvalue weighted by molar-refractivity contribution is 0.320. The molecule has 2 aromatic carbocycles. The van der Waals surface area contributed by atoms with E-state index in [1.165, 1.54) is 22.1 Å². The molecule has 1 saturated heterocycles. The molecule has 3 aromatic rings. The smallest absolute Gasteiger partial charge is 0.243 e. The van der Waals surface area contributed by atoms with Crippen molar-refractivity contribution in [3.63, 3.8) is 0 Å². The maximum atomic E-state index is 13.2. The standard InChI is InChI=1S/C25H32N2O2S/c1-5-25(3,4)20-7-9-21(10-8-20)30(28,29)27-14-12-19(13-15-27)23-17-26-24-11-6-18(2)16-22(23)24/h6-11,16-17,19,26H,5,12-15H2,1-4H3. The number of rotatable bonds is 5. The van der Waals surface area contributed by atoms with E-state index < -0.39 is 10.0 Å². The number of aromatic nitrogens is 1. The number of aromatic amines is 1. The van der Waals surface area contributed by atoms with Gasteiger partial charge in [-0.2, -0.15) is 4.31 Å². The molecular weight excluding hydrogens is 392 g/mol. The average molecular weight is 425 g/mol. The first kappa shape index (κ1) is 21.1. The molecule has 4 nitrogen and oxygen atoms in total. The Balaban J connectivity index is 1.49. The normalized spacial score (nSPS) is 16.9. The first-order chi connectivity index (χ1) is 14.2.